The molecule has 13 nitrogen and oxygen atoms in total. The summed E-state index contributed by atoms with van der Waals surface area (Å²) < 4.78 is 17.1. The second-order valence-electron chi connectivity index (χ2n) is 15.6. The zero-order valence-electron chi connectivity index (χ0n) is 33.1. The van der Waals surface area contributed by atoms with Crippen molar-refractivity contribution < 1.29 is 38.2 Å². The summed E-state index contributed by atoms with van der Waals surface area (Å²) in [6, 6.07) is 5.57. The standard InChI is InChI=1S/C39H63N5O8/c1-12-23(4)33(43(8)32(22(2)3)36(47)42-38(49)39(6,7)40)29(50-9)21-30(45)44-19-15-18-28(44)34(51-10)24(5)35(46)41-31(37(48)52-11)27-20-25-16-13-14-17-26(25)27/h13-14,16-17,22-24,27-29,31-34H,12,15,18-21,40H2,1-11H3,(H,41,46)(H,42,47,49)/t23-,24+,27+,28-,29+,31+,32-,33-,34+/m0/s1. The summed E-state index contributed by atoms with van der Waals surface area (Å²) in [7, 11) is 6.25. The molecule has 3 rings (SSSR count). The Labute approximate surface area is 310 Å². The lowest BCUT2D eigenvalue weighted by molar-refractivity contribution is -0.148. The first-order chi connectivity index (χ1) is 24.4. The third kappa shape index (κ3) is 9.77. The van der Waals surface area contributed by atoms with Crippen molar-refractivity contribution in [1.29, 1.82) is 0 Å². The minimum atomic E-state index is -1.23. The number of rotatable bonds is 18. The normalized spacial score (nSPS) is 21.2. The van der Waals surface area contributed by atoms with Crippen molar-refractivity contribution in [2.24, 2.45) is 23.5 Å². The third-order valence-electron chi connectivity index (χ3n) is 11.1. The Kier molecular flexibility index (Phi) is 15.4. The number of benzene rings is 1. The van der Waals surface area contributed by atoms with E-state index >= 15 is 0 Å². The van der Waals surface area contributed by atoms with Gasteiger partial charge in [-0.05, 0) is 63.1 Å². The molecule has 4 N–H and O–H groups in total. The number of methoxy groups -OCH3 is 3. The fourth-order valence-electron chi connectivity index (χ4n) is 8.01. The molecule has 1 heterocycles. The number of likely N-dealkylation sites (tertiary alicyclic amines) is 1. The number of likely N-dealkylation sites (N-methyl/N-ethyl adjacent to an activating group) is 1. The van der Waals surface area contributed by atoms with E-state index in [0.717, 1.165) is 24.0 Å². The Balaban J connectivity index is 1.79. The van der Waals surface area contributed by atoms with Crippen LogP contribution < -0.4 is 16.4 Å². The highest BCUT2D eigenvalue weighted by Crippen LogP contribution is 2.38. The van der Waals surface area contributed by atoms with E-state index in [1.54, 1.807) is 32.8 Å². The maximum absolute atomic E-state index is 14.2. The maximum Gasteiger partial charge on any atom is 0.329 e. The van der Waals surface area contributed by atoms with Crippen molar-refractivity contribution in [3.05, 3.63) is 35.4 Å². The number of imide groups is 1. The summed E-state index contributed by atoms with van der Waals surface area (Å²) in [4.78, 5) is 70.7. The summed E-state index contributed by atoms with van der Waals surface area (Å²) in [5.74, 6) is -3.06. The molecule has 1 aromatic rings. The Hall–Kier alpha value is -3.39. The Morgan fingerprint density at radius 1 is 1.02 bits per heavy atom. The molecule has 292 valence electrons. The molecule has 1 aromatic carbocycles. The summed E-state index contributed by atoms with van der Waals surface area (Å²) >= 11 is 0. The number of carbonyl (C=O) groups excluding carboxylic acids is 5. The summed E-state index contributed by atoms with van der Waals surface area (Å²) in [5, 5.41) is 5.43. The molecule has 1 fully saturated rings. The molecule has 1 aliphatic carbocycles. The molecule has 2 aliphatic rings. The lowest BCUT2D eigenvalue weighted by atomic mass is 9.73. The van der Waals surface area contributed by atoms with Crippen molar-refractivity contribution in [3.8, 4) is 0 Å². The first-order valence-corrected chi connectivity index (χ1v) is 18.6. The highest BCUT2D eigenvalue weighted by Gasteiger charge is 2.45. The number of nitrogens with zero attached hydrogens (tertiary/aromatic N) is 2. The number of fused-ring (bicyclic) bond motifs is 1. The predicted octanol–water partition coefficient (Wildman–Crippen LogP) is 2.78. The van der Waals surface area contributed by atoms with Gasteiger partial charge < -0.3 is 30.2 Å². The molecule has 52 heavy (non-hydrogen) atoms. The Bertz CT molecular complexity index is 1410. The lowest BCUT2D eigenvalue weighted by Crippen LogP contribution is -2.60. The topological polar surface area (TPSA) is 170 Å². The molecule has 9 atom stereocenters. The van der Waals surface area contributed by atoms with Gasteiger partial charge in [-0.25, -0.2) is 4.79 Å². The van der Waals surface area contributed by atoms with Crippen molar-refractivity contribution in [3.63, 3.8) is 0 Å². The van der Waals surface area contributed by atoms with Crippen LogP contribution in [-0.4, -0.2) is 116 Å². The van der Waals surface area contributed by atoms with Gasteiger partial charge >= 0.3 is 5.97 Å². The minimum absolute atomic E-state index is 0.0219. The first kappa shape index (κ1) is 43.0. The summed E-state index contributed by atoms with van der Waals surface area (Å²) in [6.07, 6.45) is 1.61. The molecular weight excluding hydrogens is 666 g/mol. The van der Waals surface area contributed by atoms with Gasteiger partial charge in [-0.1, -0.05) is 65.3 Å². The molecular formula is C39H63N5O8. The van der Waals surface area contributed by atoms with Crippen LogP contribution >= 0.6 is 0 Å². The zero-order chi connectivity index (χ0) is 39.1. The Morgan fingerprint density at radius 3 is 2.21 bits per heavy atom. The van der Waals surface area contributed by atoms with E-state index in [4.69, 9.17) is 19.9 Å². The van der Waals surface area contributed by atoms with Gasteiger partial charge in [-0.3, -0.25) is 29.4 Å². The van der Waals surface area contributed by atoms with Gasteiger partial charge in [0.15, 0.2) is 0 Å². The van der Waals surface area contributed by atoms with Crippen molar-refractivity contribution in [2.45, 2.75) is 128 Å². The number of ether oxygens (including phenoxy) is 3. The van der Waals surface area contributed by atoms with Gasteiger partial charge in [0.25, 0.3) is 0 Å². The van der Waals surface area contributed by atoms with Crippen LogP contribution in [0.25, 0.3) is 0 Å². The number of hydrogen-bond acceptors (Lipinski definition) is 10. The first-order valence-electron chi connectivity index (χ1n) is 18.6. The number of amides is 4. The molecule has 4 amide bonds. The number of nitrogens with one attached hydrogen (secondary N) is 2. The van der Waals surface area contributed by atoms with Crippen LogP contribution in [0.4, 0.5) is 0 Å². The van der Waals surface area contributed by atoms with E-state index in [-0.39, 0.29) is 48.1 Å². The van der Waals surface area contributed by atoms with Gasteiger partial charge in [0.2, 0.25) is 23.6 Å². The van der Waals surface area contributed by atoms with Crippen LogP contribution in [0, 0.1) is 17.8 Å². The van der Waals surface area contributed by atoms with Crippen LogP contribution in [0.15, 0.2) is 24.3 Å². The lowest BCUT2D eigenvalue weighted by Gasteiger charge is -2.43. The highest BCUT2D eigenvalue weighted by atomic mass is 16.5. The number of esters is 1. The van der Waals surface area contributed by atoms with Crippen molar-refractivity contribution >= 4 is 29.6 Å². The van der Waals surface area contributed by atoms with E-state index < -0.39 is 53.5 Å². The van der Waals surface area contributed by atoms with Gasteiger partial charge in [0.1, 0.15) is 6.04 Å². The second-order valence-corrected chi connectivity index (χ2v) is 15.6. The van der Waals surface area contributed by atoms with Crippen molar-refractivity contribution in [2.75, 3.05) is 34.9 Å². The van der Waals surface area contributed by atoms with Crippen LogP contribution in [0.5, 0.6) is 0 Å². The minimum Gasteiger partial charge on any atom is -0.467 e. The monoisotopic (exact) mass is 729 g/mol. The number of hydrogen-bond donors (Lipinski definition) is 3. The van der Waals surface area contributed by atoms with E-state index in [1.807, 2.05) is 57.0 Å². The highest BCUT2D eigenvalue weighted by molar-refractivity contribution is 6.01. The van der Waals surface area contributed by atoms with Crippen LogP contribution in [0.1, 0.15) is 91.2 Å². The average molecular weight is 730 g/mol. The smallest absolute Gasteiger partial charge is 0.329 e. The van der Waals surface area contributed by atoms with Crippen LogP contribution in [0.3, 0.4) is 0 Å². The van der Waals surface area contributed by atoms with E-state index in [1.165, 1.54) is 14.2 Å². The molecule has 1 aliphatic heterocycles. The molecule has 13 heteroatoms. The predicted molar refractivity (Wildman–Crippen MR) is 198 cm³/mol. The average Bonchev–Trinajstić information content (AvgIpc) is 3.56. The Morgan fingerprint density at radius 2 is 1.67 bits per heavy atom. The molecule has 0 saturated carbocycles. The fourth-order valence-corrected chi connectivity index (χ4v) is 8.01. The second kappa shape index (κ2) is 18.6. The third-order valence-corrected chi connectivity index (χ3v) is 11.1. The maximum atomic E-state index is 14.2. The van der Waals surface area contributed by atoms with E-state index in [2.05, 4.69) is 17.6 Å². The van der Waals surface area contributed by atoms with Crippen LogP contribution in [-0.2, 0) is 44.6 Å². The van der Waals surface area contributed by atoms with Crippen LogP contribution in [0.2, 0.25) is 0 Å². The summed E-state index contributed by atoms with van der Waals surface area (Å²) in [5.41, 5.74) is 6.88. The van der Waals surface area contributed by atoms with Gasteiger partial charge in [-0.2, -0.15) is 0 Å². The molecule has 0 bridgehead atoms. The van der Waals surface area contributed by atoms with E-state index in [0.29, 0.717) is 19.4 Å². The van der Waals surface area contributed by atoms with E-state index in [9.17, 15) is 24.0 Å². The SMILES string of the molecule is CC[C@H](C)[C@@H]([C@@H](CC(=O)N1CCC[C@H]1[C@H](OC)[C@@H](C)C(=O)N[C@@H](C(=O)OC)[C@@H]1Cc2ccccc21)OC)N(C)[C@H](C(=O)NC(=O)C(C)(C)N)C(C)C. The van der Waals surface area contributed by atoms with Gasteiger partial charge in [-0.15, -0.1) is 0 Å². The molecule has 0 spiro atoms. The van der Waals surface area contributed by atoms with Gasteiger partial charge in [0, 0.05) is 32.7 Å². The molecule has 0 unspecified atom stereocenters. The number of carbonyl (C=O) groups is 5. The molecule has 0 aromatic heterocycles. The molecule has 0 radical (unpaired) electrons. The molecule has 1 saturated heterocycles. The quantitative estimate of drug-likeness (QED) is 0.191. The number of nitrogens with two attached hydrogens (primary N) is 1. The zero-order valence-corrected chi connectivity index (χ0v) is 33.1. The summed E-state index contributed by atoms with van der Waals surface area (Å²) in [6.45, 7) is 13.3. The fraction of sp³-hybridized carbons (Fsp3) is 0.718. The van der Waals surface area contributed by atoms with Crippen molar-refractivity contribution in [1.82, 2.24) is 20.4 Å². The largest absolute Gasteiger partial charge is 0.467 e. The van der Waals surface area contributed by atoms with Gasteiger partial charge in [0.05, 0.1) is 49.3 Å².